The fourth-order valence-electron chi connectivity index (χ4n) is 8.57. The Morgan fingerprint density at radius 2 is 0.891 bits per heavy atom. The smallest absolute Gasteiger partial charge is 0.171 e. The van der Waals surface area contributed by atoms with Gasteiger partial charge in [0.15, 0.2) is 12.7 Å². The molecule has 0 amide bonds. The number of fused-ring (bicyclic) bond motifs is 11. The minimum Gasteiger partial charge on any atom is -0.454 e. The molecule has 11 aromatic rings. The van der Waals surface area contributed by atoms with E-state index in [1.54, 1.807) is 0 Å². The number of rotatable bonds is 5. The summed E-state index contributed by atoms with van der Waals surface area (Å²) in [5, 5.41) is 12.9. The molecule has 0 N–H and O–H groups in total. The summed E-state index contributed by atoms with van der Waals surface area (Å²) in [5.41, 5.74) is 6.31. The van der Waals surface area contributed by atoms with Gasteiger partial charge in [-0.15, -0.1) is 0 Å². The monoisotopic (exact) mass is 721 g/mol. The molecule has 3 nitrogen and oxygen atoms in total. The van der Waals surface area contributed by atoms with Crippen molar-refractivity contribution < 1.29 is 8.98 Å². The number of benzene rings is 9. The van der Waals surface area contributed by atoms with Crippen LogP contribution in [0.4, 0.5) is 0 Å². The van der Waals surface area contributed by atoms with E-state index in [1.165, 1.54) is 32.3 Å². The molecular weight excluding hydrogens is 690 g/mol. The number of hydrogen-bond donors (Lipinski definition) is 0. The topological polar surface area (TPSA) is 43.1 Å². The third-order valence-corrected chi connectivity index (χ3v) is 14.2. The van der Waals surface area contributed by atoms with Gasteiger partial charge in [0.05, 0.1) is 5.52 Å². The van der Waals surface area contributed by atoms with Gasteiger partial charge >= 0.3 is 0 Å². The van der Waals surface area contributed by atoms with E-state index in [0.717, 1.165) is 71.1 Å². The van der Waals surface area contributed by atoms with E-state index < -0.39 is 7.14 Å². The lowest BCUT2D eigenvalue weighted by Crippen LogP contribution is -2.24. The van der Waals surface area contributed by atoms with Gasteiger partial charge in [0.1, 0.15) is 11.3 Å². The maximum absolute atomic E-state index is 15.1. The molecule has 55 heavy (non-hydrogen) atoms. The molecule has 0 unspecified atom stereocenters. The Hall–Kier alpha value is -6.80. The number of para-hydroxylation sites is 2. The van der Waals surface area contributed by atoms with Crippen molar-refractivity contribution in [3.8, 4) is 22.4 Å². The molecule has 2 heterocycles. The maximum atomic E-state index is 15.1. The van der Waals surface area contributed by atoms with E-state index in [9.17, 15) is 0 Å². The van der Waals surface area contributed by atoms with Crippen LogP contribution in [0.2, 0.25) is 0 Å². The lowest BCUT2D eigenvalue weighted by molar-refractivity contribution is 0.592. The normalized spacial score (nSPS) is 12.1. The summed E-state index contributed by atoms with van der Waals surface area (Å²) in [7, 11) is -3.12. The third kappa shape index (κ3) is 4.84. The Bertz CT molecular complexity index is 3250. The molecule has 9 aromatic carbocycles. The van der Waals surface area contributed by atoms with Crippen LogP contribution in [-0.2, 0) is 4.57 Å². The first-order chi connectivity index (χ1) is 27.2. The standard InChI is InChI=1S/C51H32NO2P/c53-55(35-14-3-1-4-15-35,36-16-5-2-6-17-36)37-29-26-33(27-30-37)38-23-13-24-45-48-44-22-11-12-25-47(44)54-51(48)49(52-50(38)45)34-28-31-43-41-20-8-7-18-39(41)40-19-9-10-21-42(40)46(43)32-34/h1-32H. The molecule has 0 aliphatic carbocycles. The number of hydrogen-bond acceptors (Lipinski definition) is 3. The van der Waals surface area contributed by atoms with E-state index in [0.29, 0.717) is 0 Å². The molecule has 0 saturated heterocycles. The second-order valence-corrected chi connectivity index (χ2v) is 16.9. The van der Waals surface area contributed by atoms with Crippen LogP contribution in [0.1, 0.15) is 0 Å². The molecule has 0 spiro atoms. The van der Waals surface area contributed by atoms with Gasteiger partial charge in [-0.05, 0) is 50.0 Å². The van der Waals surface area contributed by atoms with Gasteiger partial charge in [0, 0.05) is 43.2 Å². The van der Waals surface area contributed by atoms with Crippen molar-refractivity contribution >= 4 is 88.2 Å². The first-order valence-corrected chi connectivity index (χ1v) is 20.3. The summed E-state index contributed by atoms with van der Waals surface area (Å²) in [6.45, 7) is 0. The van der Waals surface area contributed by atoms with Crippen LogP contribution in [0.5, 0.6) is 0 Å². The summed E-state index contributed by atoms with van der Waals surface area (Å²) in [6.07, 6.45) is 0. The second kappa shape index (κ2) is 12.4. The first kappa shape index (κ1) is 31.7. The van der Waals surface area contributed by atoms with E-state index >= 15 is 4.57 Å². The van der Waals surface area contributed by atoms with E-state index in [-0.39, 0.29) is 0 Å². The lowest BCUT2D eigenvalue weighted by Gasteiger charge is -2.20. The Labute approximate surface area is 317 Å². The molecule has 11 rings (SSSR count). The van der Waals surface area contributed by atoms with Crippen LogP contribution in [0.15, 0.2) is 199 Å². The summed E-state index contributed by atoms with van der Waals surface area (Å²) in [5.74, 6) is 0. The second-order valence-electron chi connectivity index (χ2n) is 14.1. The molecule has 0 saturated carbocycles. The van der Waals surface area contributed by atoms with Gasteiger partial charge in [-0.25, -0.2) is 4.98 Å². The van der Waals surface area contributed by atoms with Crippen LogP contribution in [0.25, 0.3) is 87.5 Å². The highest BCUT2D eigenvalue weighted by Gasteiger charge is 2.29. The average molecular weight is 722 g/mol. The summed E-state index contributed by atoms with van der Waals surface area (Å²) in [4.78, 5) is 5.51. The molecule has 0 fully saturated rings. The molecular formula is C51H32NO2P. The fraction of sp³-hybridized carbons (Fsp3) is 0. The molecule has 2 aromatic heterocycles. The summed E-state index contributed by atoms with van der Waals surface area (Å²) >= 11 is 0. The number of nitrogens with zero attached hydrogens (tertiary/aromatic N) is 1. The predicted octanol–water partition coefficient (Wildman–Crippen LogP) is 12.6. The molecule has 4 heteroatoms. The molecule has 258 valence electrons. The predicted molar refractivity (Wildman–Crippen MR) is 232 cm³/mol. The minimum absolute atomic E-state index is 0.775. The molecule has 0 radical (unpaired) electrons. The Morgan fingerprint density at radius 1 is 0.400 bits per heavy atom. The number of aromatic nitrogens is 1. The SMILES string of the molecule is O=P(c1ccccc1)(c1ccccc1)c1ccc(-c2cccc3c2nc(-c2ccc4c5ccccc5c5ccccc5c4c2)c2oc4ccccc4c23)cc1. The van der Waals surface area contributed by atoms with Gasteiger partial charge in [-0.1, -0.05) is 182 Å². The number of furan rings is 1. The molecule has 0 bridgehead atoms. The number of pyridine rings is 1. The summed E-state index contributed by atoms with van der Waals surface area (Å²) in [6, 6.07) is 66.5. The van der Waals surface area contributed by atoms with Crippen molar-refractivity contribution in [2.75, 3.05) is 0 Å². The van der Waals surface area contributed by atoms with Gasteiger partial charge < -0.3 is 8.98 Å². The van der Waals surface area contributed by atoms with Crippen molar-refractivity contribution in [2.45, 2.75) is 0 Å². The fourth-order valence-corrected chi connectivity index (χ4v) is 11.2. The Balaban J connectivity index is 1.15. The Morgan fingerprint density at radius 3 is 1.53 bits per heavy atom. The van der Waals surface area contributed by atoms with Crippen LogP contribution in [-0.4, -0.2) is 4.98 Å². The molecule has 0 aliphatic heterocycles. The Kier molecular flexibility index (Phi) is 7.14. The zero-order valence-corrected chi connectivity index (χ0v) is 30.6. The average Bonchev–Trinajstić information content (AvgIpc) is 3.66. The quantitative estimate of drug-likeness (QED) is 0.131. The van der Waals surface area contributed by atoms with E-state index in [1.807, 2.05) is 84.9 Å². The maximum Gasteiger partial charge on any atom is 0.171 e. The van der Waals surface area contributed by atoms with Crippen molar-refractivity contribution in [2.24, 2.45) is 0 Å². The molecule has 0 aliphatic rings. The van der Waals surface area contributed by atoms with Gasteiger partial charge in [0.2, 0.25) is 0 Å². The van der Waals surface area contributed by atoms with Gasteiger partial charge in [-0.2, -0.15) is 0 Å². The highest BCUT2D eigenvalue weighted by Crippen LogP contribution is 2.45. The lowest BCUT2D eigenvalue weighted by atomic mass is 9.92. The van der Waals surface area contributed by atoms with Crippen LogP contribution in [0.3, 0.4) is 0 Å². The highest BCUT2D eigenvalue weighted by atomic mass is 31.2. The first-order valence-electron chi connectivity index (χ1n) is 18.6. The van der Waals surface area contributed by atoms with Gasteiger partial charge in [0.25, 0.3) is 0 Å². The zero-order valence-electron chi connectivity index (χ0n) is 29.7. The minimum atomic E-state index is -3.12. The van der Waals surface area contributed by atoms with Crippen molar-refractivity contribution in [3.63, 3.8) is 0 Å². The van der Waals surface area contributed by atoms with E-state index in [4.69, 9.17) is 9.40 Å². The zero-order chi connectivity index (χ0) is 36.5. The summed E-state index contributed by atoms with van der Waals surface area (Å²) < 4.78 is 21.9. The third-order valence-electron chi connectivity index (χ3n) is 11.1. The molecule has 0 atom stereocenters. The highest BCUT2D eigenvalue weighted by molar-refractivity contribution is 7.85. The van der Waals surface area contributed by atoms with Gasteiger partial charge in [-0.3, -0.25) is 0 Å². The largest absolute Gasteiger partial charge is 0.454 e. The van der Waals surface area contributed by atoms with Crippen LogP contribution in [0, 0.1) is 0 Å². The van der Waals surface area contributed by atoms with Crippen LogP contribution >= 0.6 is 7.14 Å². The van der Waals surface area contributed by atoms with Crippen molar-refractivity contribution in [3.05, 3.63) is 194 Å². The van der Waals surface area contributed by atoms with Crippen LogP contribution < -0.4 is 15.9 Å². The van der Waals surface area contributed by atoms with E-state index in [2.05, 4.69) is 109 Å². The van der Waals surface area contributed by atoms with Crippen molar-refractivity contribution in [1.29, 1.82) is 0 Å². The van der Waals surface area contributed by atoms with Crippen molar-refractivity contribution in [1.82, 2.24) is 4.98 Å².